The van der Waals surface area contributed by atoms with E-state index in [1.165, 1.54) is 5.69 Å². The van der Waals surface area contributed by atoms with E-state index in [0.29, 0.717) is 0 Å². The second kappa shape index (κ2) is 7.66. The Kier molecular flexibility index (Phi) is 4.92. The summed E-state index contributed by atoms with van der Waals surface area (Å²) in [7, 11) is 0. The predicted octanol–water partition coefficient (Wildman–Crippen LogP) is 3.40. The molecule has 138 valence electrons. The maximum atomic E-state index is 13.1. The quantitative estimate of drug-likeness (QED) is 0.716. The lowest BCUT2D eigenvalue weighted by Crippen LogP contribution is -2.48. The lowest BCUT2D eigenvalue weighted by molar-refractivity contribution is 0.0745. The smallest absolute Gasteiger partial charge is 0.257 e. The summed E-state index contributed by atoms with van der Waals surface area (Å²) < 4.78 is 1.88. The number of aromatic nitrogens is 2. The number of rotatable bonds is 4. The molecule has 1 amide bonds. The molecule has 0 spiro atoms. The van der Waals surface area contributed by atoms with E-state index in [4.69, 9.17) is 0 Å². The highest BCUT2D eigenvalue weighted by atomic mass is 16.2. The van der Waals surface area contributed by atoms with Crippen molar-refractivity contribution in [1.82, 2.24) is 14.7 Å². The number of para-hydroxylation sites is 2. The van der Waals surface area contributed by atoms with E-state index < -0.39 is 0 Å². The van der Waals surface area contributed by atoms with Crippen molar-refractivity contribution in [3.8, 4) is 5.69 Å². The fourth-order valence-electron chi connectivity index (χ4n) is 3.66. The van der Waals surface area contributed by atoms with Gasteiger partial charge in [-0.3, -0.25) is 4.79 Å². The zero-order valence-corrected chi connectivity index (χ0v) is 15.6. The van der Waals surface area contributed by atoms with Crippen molar-refractivity contribution in [1.29, 1.82) is 0 Å². The van der Waals surface area contributed by atoms with Crippen LogP contribution in [-0.4, -0.2) is 46.8 Å². The fraction of sp³-hybridized carbons (Fsp3) is 0.273. The molecule has 1 aliphatic rings. The van der Waals surface area contributed by atoms with Crippen LogP contribution in [0.25, 0.3) is 5.69 Å². The monoisotopic (exact) mass is 360 g/mol. The van der Waals surface area contributed by atoms with Crippen molar-refractivity contribution in [3.63, 3.8) is 0 Å². The van der Waals surface area contributed by atoms with E-state index in [1.54, 1.807) is 6.20 Å². The van der Waals surface area contributed by atoms with Crippen molar-refractivity contribution in [2.45, 2.75) is 13.3 Å². The summed E-state index contributed by atoms with van der Waals surface area (Å²) in [5, 5.41) is 4.49. The van der Waals surface area contributed by atoms with E-state index >= 15 is 0 Å². The first-order valence-electron chi connectivity index (χ1n) is 9.49. The zero-order chi connectivity index (χ0) is 18.6. The van der Waals surface area contributed by atoms with Crippen LogP contribution in [0.15, 0.2) is 66.9 Å². The molecule has 0 atom stereocenters. The molecule has 0 aliphatic carbocycles. The number of carbonyl (C=O) groups excluding carboxylic acids is 1. The lowest BCUT2D eigenvalue weighted by Gasteiger charge is -2.36. The molecular formula is C22H24N4O. The number of piperazine rings is 1. The molecule has 3 aromatic rings. The lowest BCUT2D eigenvalue weighted by atomic mass is 10.1. The van der Waals surface area contributed by atoms with Gasteiger partial charge in [0.25, 0.3) is 5.91 Å². The second-order valence-electron chi connectivity index (χ2n) is 6.72. The molecule has 5 nitrogen and oxygen atoms in total. The average molecular weight is 360 g/mol. The van der Waals surface area contributed by atoms with E-state index in [1.807, 2.05) is 46.0 Å². The van der Waals surface area contributed by atoms with Gasteiger partial charge >= 0.3 is 0 Å². The van der Waals surface area contributed by atoms with E-state index in [0.717, 1.165) is 49.5 Å². The number of amides is 1. The highest BCUT2D eigenvalue weighted by molar-refractivity contribution is 5.95. The summed E-state index contributed by atoms with van der Waals surface area (Å²) >= 11 is 0. The van der Waals surface area contributed by atoms with Gasteiger partial charge in [-0.25, -0.2) is 4.68 Å². The summed E-state index contributed by atoms with van der Waals surface area (Å²) in [6.07, 6.45) is 2.48. The number of nitrogens with zero attached hydrogens (tertiary/aromatic N) is 4. The third-order valence-corrected chi connectivity index (χ3v) is 5.12. The van der Waals surface area contributed by atoms with Gasteiger partial charge in [0.05, 0.1) is 23.1 Å². The molecule has 1 aliphatic heterocycles. The average Bonchev–Trinajstić information content (AvgIpc) is 3.19. The summed E-state index contributed by atoms with van der Waals surface area (Å²) in [4.78, 5) is 17.4. The van der Waals surface area contributed by atoms with E-state index in [-0.39, 0.29) is 5.91 Å². The molecule has 0 unspecified atom stereocenters. The summed E-state index contributed by atoms with van der Waals surface area (Å²) in [5.41, 5.74) is 3.89. The van der Waals surface area contributed by atoms with Crippen LogP contribution in [0.4, 0.5) is 5.69 Å². The zero-order valence-electron chi connectivity index (χ0n) is 15.6. The normalized spacial score (nSPS) is 14.4. The van der Waals surface area contributed by atoms with E-state index in [9.17, 15) is 4.79 Å². The first-order chi connectivity index (χ1) is 13.3. The van der Waals surface area contributed by atoms with Crippen LogP contribution >= 0.6 is 0 Å². The Morgan fingerprint density at radius 1 is 0.889 bits per heavy atom. The van der Waals surface area contributed by atoms with Crippen molar-refractivity contribution in [2.24, 2.45) is 0 Å². The third-order valence-electron chi connectivity index (χ3n) is 5.12. The van der Waals surface area contributed by atoms with Crippen LogP contribution in [0.3, 0.4) is 0 Å². The Morgan fingerprint density at radius 3 is 2.07 bits per heavy atom. The molecule has 4 rings (SSSR count). The van der Waals surface area contributed by atoms with Crippen LogP contribution < -0.4 is 4.90 Å². The largest absolute Gasteiger partial charge is 0.368 e. The van der Waals surface area contributed by atoms with Crippen LogP contribution in [0, 0.1) is 0 Å². The van der Waals surface area contributed by atoms with Crippen molar-refractivity contribution < 1.29 is 4.79 Å². The molecule has 0 saturated carbocycles. The number of carbonyl (C=O) groups is 1. The van der Waals surface area contributed by atoms with Gasteiger partial charge < -0.3 is 9.80 Å². The van der Waals surface area contributed by atoms with Gasteiger partial charge in [0.2, 0.25) is 0 Å². The fourth-order valence-corrected chi connectivity index (χ4v) is 3.66. The highest BCUT2D eigenvalue weighted by Crippen LogP contribution is 2.20. The van der Waals surface area contributed by atoms with Gasteiger partial charge in [-0.2, -0.15) is 5.10 Å². The number of hydrogen-bond donors (Lipinski definition) is 0. The number of anilines is 1. The van der Waals surface area contributed by atoms with Crippen LogP contribution in [-0.2, 0) is 6.42 Å². The van der Waals surface area contributed by atoms with Gasteiger partial charge in [-0.1, -0.05) is 43.3 Å². The highest BCUT2D eigenvalue weighted by Gasteiger charge is 2.26. The maximum Gasteiger partial charge on any atom is 0.257 e. The van der Waals surface area contributed by atoms with Gasteiger partial charge in [0.1, 0.15) is 0 Å². The molecule has 2 heterocycles. The van der Waals surface area contributed by atoms with Gasteiger partial charge in [-0.05, 0) is 30.7 Å². The molecule has 27 heavy (non-hydrogen) atoms. The maximum absolute atomic E-state index is 13.1. The molecule has 1 saturated heterocycles. The van der Waals surface area contributed by atoms with Crippen molar-refractivity contribution >= 4 is 11.6 Å². The minimum Gasteiger partial charge on any atom is -0.368 e. The molecule has 0 bridgehead atoms. The molecular weight excluding hydrogens is 336 g/mol. The molecule has 1 aromatic heterocycles. The number of benzene rings is 2. The Morgan fingerprint density at radius 2 is 1.48 bits per heavy atom. The second-order valence-corrected chi connectivity index (χ2v) is 6.72. The molecule has 1 fully saturated rings. The van der Waals surface area contributed by atoms with Crippen LogP contribution in [0.1, 0.15) is 23.0 Å². The predicted molar refractivity (Wildman–Crippen MR) is 108 cm³/mol. The Bertz CT molecular complexity index is 897. The molecule has 0 N–H and O–H groups in total. The summed E-state index contributed by atoms with van der Waals surface area (Å²) in [6.45, 7) is 5.23. The standard InChI is InChI=1S/C22H24N4O/c1-2-21-20(17-23-26(21)19-11-7-4-8-12-19)22(27)25-15-13-24(14-16-25)18-9-5-3-6-10-18/h3-12,17H,2,13-16H2,1H3. The molecule has 0 radical (unpaired) electrons. The van der Waals surface area contributed by atoms with Crippen LogP contribution in [0.2, 0.25) is 0 Å². The van der Waals surface area contributed by atoms with Crippen molar-refractivity contribution in [3.05, 3.63) is 78.1 Å². The van der Waals surface area contributed by atoms with Gasteiger partial charge in [0, 0.05) is 31.9 Å². The van der Waals surface area contributed by atoms with E-state index in [2.05, 4.69) is 41.2 Å². The Hall–Kier alpha value is -3.08. The Labute approximate surface area is 159 Å². The van der Waals surface area contributed by atoms with Crippen molar-refractivity contribution in [2.75, 3.05) is 31.1 Å². The SMILES string of the molecule is CCc1c(C(=O)N2CCN(c3ccccc3)CC2)cnn1-c1ccccc1. The summed E-state index contributed by atoms with van der Waals surface area (Å²) in [5.74, 6) is 0.0849. The summed E-state index contributed by atoms with van der Waals surface area (Å²) in [6, 6.07) is 20.4. The third kappa shape index (κ3) is 3.45. The first kappa shape index (κ1) is 17.3. The first-order valence-corrected chi connectivity index (χ1v) is 9.49. The van der Waals surface area contributed by atoms with Gasteiger partial charge in [0.15, 0.2) is 0 Å². The minimum atomic E-state index is 0.0849. The molecule has 2 aromatic carbocycles. The topological polar surface area (TPSA) is 41.4 Å². The number of hydrogen-bond acceptors (Lipinski definition) is 3. The minimum absolute atomic E-state index is 0.0849. The Balaban J connectivity index is 1.50. The molecule has 5 heteroatoms. The van der Waals surface area contributed by atoms with Crippen LogP contribution in [0.5, 0.6) is 0 Å². The van der Waals surface area contributed by atoms with Gasteiger partial charge in [-0.15, -0.1) is 0 Å².